The van der Waals surface area contributed by atoms with E-state index in [1.165, 1.54) is 6.07 Å². The first-order valence-corrected chi connectivity index (χ1v) is 15.0. The van der Waals surface area contributed by atoms with E-state index in [1.54, 1.807) is 43.4 Å². The number of rotatable bonds is 7. The molecule has 0 aliphatic carbocycles. The molecular formula is C35H37N3O8. The van der Waals surface area contributed by atoms with Crippen molar-refractivity contribution in [2.24, 2.45) is 5.41 Å². The zero-order chi connectivity index (χ0) is 32.9. The second-order valence-corrected chi connectivity index (χ2v) is 12.7. The van der Waals surface area contributed by atoms with Gasteiger partial charge in [-0.25, -0.2) is 4.79 Å². The van der Waals surface area contributed by atoms with Gasteiger partial charge in [0.05, 0.1) is 32.4 Å². The maximum atomic E-state index is 14.6. The van der Waals surface area contributed by atoms with Crippen LogP contribution in [0.5, 0.6) is 17.2 Å². The van der Waals surface area contributed by atoms with Gasteiger partial charge in [-0.3, -0.25) is 14.5 Å². The van der Waals surface area contributed by atoms with Gasteiger partial charge in [-0.05, 0) is 54.3 Å². The number of H-pyrrole nitrogens is 1. The van der Waals surface area contributed by atoms with Crippen molar-refractivity contribution in [3.8, 4) is 17.2 Å². The van der Waals surface area contributed by atoms with Crippen molar-refractivity contribution in [1.82, 2.24) is 4.98 Å². The second kappa shape index (κ2) is 11.7. The van der Waals surface area contributed by atoms with Crippen LogP contribution in [0.4, 0.5) is 11.4 Å². The van der Waals surface area contributed by atoms with Crippen molar-refractivity contribution in [1.29, 1.82) is 0 Å². The van der Waals surface area contributed by atoms with Gasteiger partial charge >= 0.3 is 5.97 Å². The van der Waals surface area contributed by atoms with Crippen LogP contribution < -0.4 is 24.4 Å². The van der Waals surface area contributed by atoms with Gasteiger partial charge in [0.15, 0.2) is 11.5 Å². The van der Waals surface area contributed by atoms with E-state index in [9.17, 15) is 19.5 Å². The number of aromatic carboxylic acids is 1. The number of hydrogen-bond donors (Lipinski definition) is 3. The van der Waals surface area contributed by atoms with E-state index in [1.807, 2.05) is 31.2 Å². The van der Waals surface area contributed by atoms with Crippen LogP contribution in [0.2, 0.25) is 0 Å². The molecule has 46 heavy (non-hydrogen) atoms. The average Bonchev–Trinajstić information content (AvgIpc) is 3.40. The summed E-state index contributed by atoms with van der Waals surface area (Å²) in [6.07, 6.45) is -2.25. The first-order chi connectivity index (χ1) is 21.9. The molecule has 0 unspecified atom stereocenters. The zero-order valence-corrected chi connectivity index (χ0v) is 26.6. The third kappa shape index (κ3) is 5.51. The van der Waals surface area contributed by atoms with Crippen molar-refractivity contribution in [3.05, 3.63) is 77.0 Å². The number of nitrogens with one attached hydrogen (secondary N) is 2. The number of aryl methyl sites for hydroxylation is 1. The molecule has 0 fully saturated rings. The van der Waals surface area contributed by atoms with Gasteiger partial charge in [0.2, 0.25) is 5.91 Å². The fourth-order valence-corrected chi connectivity index (χ4v) is 6.29. The van der Waals surface area contributed by atoms with Crippen LogP contribution in [-0.2, 0) is 14.3 Å². The maximum absolute atomic E-state index is 14.6. The minimum absolute atomic E-state index is 0.0445. The number of fused-ring (bicyclic) bond motifs is 1. The molecule has 0 saturated heterocycles. The number of anilines is 2. The van der Waals surface area contributed by atoms with Gasteiger partial charge in [-0.15, -0.1) is 0 Å². The molecule has 11 heteroatoms. The van der Waals surface area contributed by atoms with Crippen LogP contribution in [0.15, 0.2) is 54.6 Å². The van der Waals surface area contributed by atoms with Gasteiger partial charge < -0.3 is 34.4 Å². The highest BCUT2D eigenvalue weighted by Crippen LogP contribution is 2.51. The summed E-state index contributed by atoms with van der Waals surface area (Å²) < 4.78 is 24.4. The molecule has 0 spiro atoms. The molecule has 240 valence electrons. The molecule has 2 aliphatic heterocycles. The Labute approximate surface area is 266 Å². The van der Waals surface area contributed by atoms with E-state index in [4.69, 9.17) is 18.9 Å². The minimum atomic E-state index is -1.17. The SMILES string of the molecule is COc1cccc([C@H]2O[C@H](CC(=O)Nc3ccc4[nH]c(C(=O)O)cc4c3)C(=O)N3c4c(cc(C)cc42)OC[C@H]3C(C)(C)C)c1OC. The van der Waals surface area contributed by atoms with Crippen molar-refractivity contribution in [2.45, 2.75) is 52.4 Å². The number of benzene rings is 3. The number of carboxylic acids is 1. The first-order valence-electron chi connectivity index (χ1n) is 15.0. The topological polar surface area (TPSA) is 139 Å². The summed E-state index contributed by atoms with van der Waals surface area (Å²) in [7, 11) is 3.10. The smallest absolute Gasteiger partial charge is 0.352 e. The minimum Gasteiger partial charge on any atom is -0.493 e. The predicted molar refractivity (Wildman–Crippen MR) is 172 cm³/mol. The van der Waals surface area contributed by atoms with Crippen LogP contribution in [-0.4, -0.2) is 60.8 Å². The fourth-order valence-electron chi connectivity index (χ4n) is 6.29. The lowest BCUT2D eigenvalue weighted by molar-refractivity contribution is -0.137. The van der Waals surface area contributed by atoms with Crippen molar-refractivity contribution < 1.29 is 38.4 Å². The van der Waals surface area contributed by atoms with Crippen LogP contribution in [0.1, 0.15) is 60.5 Å². The zero-order valence-electron chi connectivity index (χ0n) is 26.6. The van der Waals surface area contributed by atoms with Crippen molar-refractivity contribution >= 4 is 40.1 Å². The number of para-hydroxylation sites is 1. The molecule has 4 aromatic rings. The molecular weight excluding hydrogens is 590 g/mol. The third-order valence-electron chi connectivity index (χ3n) is 8.51. The highest BCUT2D eigenvalue weighted by atomic mass is 16.5. The summed E-state index contributed by atoms with van der Waals surface area (Å²) in [6.45, 7) is 8.40. The van der Waals surface area contributed by atoms with Gasteiger partial charge in [0.1, 0.15) is 30.3 Å². The first kappa shape index (κ1) is 31.0. The molecule has 2 aliphatic rings. The lowest BCUT2D eigenvalue weighted by atomic mass is 9.84. The van der Waals surface area contributed by atoms with Crippen LogP contribution in [0.25, 0.3) is 10.9 Å². The number of methoxy groups -OCH3 is 2. The standard InChI is InChI=1S/C35H37N3O8/c1-18-12-22-30-26(13-18)45-17-28(35(2,3)4)38(30)33(40)27(46-31(22)21-8-7-9-25(43-5)32(21)44-6)16-29(39)36-20-10-11-23-19(14-20)15-24(37-23)34(41)42/h7-15,27-28,31,37H,16-17H2,1-6H3,(H,36,39)(H,41,42)/t27-,28+,31-/m1/s1. The summed E-state index contributed by atoms with van der Waals surface area (Å²) in [5.41, 5.74) is 3.66. The van der Waals surface area contributed by atoms with E-state index < -0.39 is 24.1 Å². The number of ether oxygens (including phenoxy) is 4. The molecule has 11 nitrogen and oxygen atoms in total. The number of carbonyl (C=O) groups is 3. The van der Waals surface area contributed by atoms with Crippen LogP contribution >= 0.6 is 0 Å². The predicted octanol–water partition coefficient (Wildman–Crippen LogP) is 5.85. The molecule has 0 saturated carbocycles. The van der Waals surface area contributed by atoms with Crippen molar-refractivity contribution in [3.63, 3.8) is 0 Å². The average molecular weight is 628 g/mol. The van der Waals surface area contributed by atoms with E-state index in [0.717, 1.165) is 11.1 Å². The number of carbonyl (C=O) groups excluding carboxylic acids is 2. The molecule has 3 heterocycles. The van der Waals surface area contributed by atoms with Gasteiger partial charge in [-0.1, -0.05) is 39.0 Å². The quantitative estimate of drug-likeness (QED) is 0.232. The van der Waals surface area contributed by atoms with E-state index in [0.29, 0.717) is 45.1 Å². The molecule has 2 amide bonds. The van der Waals surface area contributed by atoms with Crippen molar-refractivity contribution in [2.75, 3.05) is 31.0 Å². The lowest BCUT2D eigenvalue weighted by Crippen LogP contribution is -2.56. The summed E-state index contributed by atoms with van der Waals surface area (Å²) in [6, 6.07) is 15.6. The van der Waals surface area contributed by atoms with E-state index in [2.05, 4.69) is 31.1 Å². The Morgan fingerprint density at radius 3 is 2.54 bits per heavy atom. The van der Waals surface area contributed by atoms with Crippen LogP contribution in [0, 0.1) is 12.3 Å². The Kier molecular flexibility index (Phi) is 7.89. The van der Waals surface area contributed by atoms with E-state index in [-0.39, 0.29) is 36.1 Å². The molecule has 3 N–H and O–H groups in total. The highest BCUT2D eigenvalue weighted by molar-refractivity contribution is 6.04. The second-order valence-electron chi connectivity index (χ2n) is 12.7. The molecule has 1 aromatic heterocycles. The molecule has 6 rings (SSSR count). The Hall–Kier alpha value is -5.03. The number of aromatic nitrogens is 1. The molecule has 3 atom stereocenters. The van der Waals surface area contributed by atoms with E-state index >= 15 is 0 Å². The monoisotopic (exact) mass is 627 g/mol. The normalized spacial score (nSPS) is 19.2. The summed E-state index contributed by atoms with van der Waals surface area (Å²) in [4.78, 5) is 44.2. The highest BCUT2D eigenvalue weighted by Gasteiger charge is 2.47. The largest absolute Gasteiger partial charge is 0.493 e. The number of aromatic amines is 1. The number of carboxylic acid groups (broad SMARTS) is 1. The van der Waals surface area contributed by atoms with Crippen LogP contribution in [0.3, 0.4) is 0 Å². The number of nitrogens with zero attached hydrogens (tertiary/aromatic N) is 1. The Morgan fingerprint density at radius 1 is 1.07 bits per heavy atom. The Bertz CT molecular complexity index is 1860. The Balaban J connectivity index is 1.42. The molecule has 0 bridgehead atoms. The van der Waals surface area contributed by atoms with Gasteiger partial charge in [0, 0.05) is 27.7 Å². The molecule has 0 radical (unpaired) electrons. The summed E-state index contributed by atoms with van der Waals surface area (Å²) >= 11 is 0. The fraction of sp³-hybridized carbons (Fsp3) is 0.343. The Morgan fingerprint density at radius 2 is 1.85 bits per heavy atom. The molecule has 3 aromatic carbocycles. The number of hydrogen-bond acceptors (Lipinski definition) is 7. The lowest BCUT2D eigenvalue weighted by Gasteiger charge is -2.44. The number of amides is 2. The van der Waals surface area contributed by atoms with Gasteiger partial charge in [-0.2, -0.15) is 0 Å². The summed E-state index contributed by atoms with van der Waals surface area (Å²) in [5, 5.41) is 12.8. The van der Waals surface area contributed by atoms with Gasteiger partial charge in [0.25, 0.3) is 5.91 Å². The third-order valence-corrected chi connectivity index (χ3v) is 8.51. The summed E-state index contributed by atoms with van der Waals surface area (Å²) in [5.74, 6) is -0.331. The maximum Gasteiger partial charge on any atom is 0.352 e.